The number of hydrogen-bond acceptors (Lipinski definition) is 5. The van der Waals surface area contributed by atoms with E-state index in [1.165, 1.54) is 13.2 Å². The van der Waals surface area contributed by atoms with E-state index in [1.807, 2.05) is 48.5 Å². The van der Waals surface area contributed by atoms with Crippen LogP contribution in [0.4, 0.5) is 0 Å². The van der Waals surface area contributed by atoms with Crippen LogP contribution < -0.4 is 0 Å². The Morgan fingerprint density at radius 3 is 2.69 bits per heavy atom. The van der Waals surface area contributed by atoms with Gasteiger partial charge in [0.2, 0.25) is 0 Å². The summed E-state index contributed by atoms with van der Waals surface area (Å²) in [6.07, 6.45) is 3.23. The smallest absolute Gasteiger partial charge is 0.348 e. The van der Waals surface area contributed by atoms with Crippen molar-refractivity contribution in [3.8, 4) is 23.0 Å². The van der Waals surface area contributed by atoms with Gasteiger partial charge < -0.3 is 9.47 Å². The van der Waals surface area contributed by atoms with Crippen molar-refractivity contribution in [2.45, 2.75) is 0 Å². The van der Waals surface area contributed by atoms with E-state index in [0.717, 1.165) is 11.3 Å². The molecule has 0 saturated heterocycles. The van der Waals surface area contributed by atoms with Crippen molar-refractivity contribution in [1.82, 2.24) is 9.78 Å². The molecule has 7 heteroatoms. The molecule has 0 N–H and O–H groups in total. The number of nitriles is 1. The lowest BCUT2D eigenvalue weighted by atomic mass is 10.1. The van der Waals surface area contributed by atoms with Crippen LogP contribution in [0.5, 0.6) is 0 Å². The summed E-state index contributed by atoms with van der Waals surface area (Å²) < 4.78 is 11.6. The normalized spacial score (nSPS) is 11.1. The van der Waals surface area contributed by atoms with Crippen LogP contribution in [0.1, 0.15) is 5.56 Å². The van der Waals surface area contributed by atoms with Crippen LogP contribution in [-0.4, -0.2) is 36.1 Å². The van der Waals surface area contributed by atoms with Crippen LogP contribution in [0, 0.1) is 11.3 Å². The summed E-state index contributed by atoms with van der Waals surface area (Å²) in [6.45, 7) is 0.322. The Bertz CT molecular complexity index is 1070. The molecule has 0 amide bonds. The van der Waals surface area contributed by atoms with E-state index >= 15 is 0 Å². The first-order valence-corrected chi connectivity index (χ1v) is 9.19. The number of rotatable bonds is 7. The molecule has 0 radical (unpaired) electrons. The quantitative estimate of drug-likeness (QED) is 0.253. The van der Waals surface area contributed by atoms with Crippen LogP contribution in [0.25, 0.3) is 23.0 Å². The molecule has 146 valence electrons. The average Bonchev–Trinajstić information content (AvgIpc) is 3.16. The van der Waals surface area contributed by atoms with Gasteiger partial charge in [0.15, 0.2) is 0 Å². The molecule has 1 heterocycles. The van der Waals surface area contributed by atoms with Crippen LogP contribution in [0.15, 0.2) is 66.4 Å². The van der Waals surface area contributed by atoms with Gasteiger partial charge in [-0.2, -0.15) is 10.4 Å². The molecule has 0 atom stereocenters. The molecule has 29 heavy (non-hydrogen) atoms. The van der Waals surface area contributed by atoms with Crippen molar-refractivity contribution in [3.05, 3.63) is 77.0 Å². The van der Waals surface area contributed by atoms with E-state index in [4.69, 9.17) is 21.1 Å². The van der Waals surface area contributed by atoms with E-state index in [0.29, 0.717) is 16.3 Å². The third kappa shape index (κ3) is 5.11. The molecule has 3 rings (SSSR count). The van der Waals surface area contributed by atoms with Gasteiger partial charge in [-0.05, 0) is 30.3 Å². The van der Waals surface area contributed by atoms with Crippen molar-refractivity contribution in [1.29, 1.82) is 5.26 Å². The van der Waals surface area contributed by atoms with Gasteiger partial charge in [0, 0.05) is 29.5 Å². The second-order valence-corrected chi connectivity index (χ2v) is 6.46. The van der Waals surface area contributed by atoms with E-state index < -0.39 is 5.97 Å². The topological polar surface area (TPSA) is 77.1 Å². The van der Waals surface area contributed by atoms with Crippen LogP contribution in [-0.2, 0) is 14.3 Å². The summed E-state index contributed by atoms with van der Waals surface area (Å²) in [6, 6.07) is 18.7. The number of halogens is 1. The molecule has 6 nitrogen and oxygen atoms in total. The van der Waals surface area contributed by atoms with Gasteiger partial charge in [0.05, 0.1) is 12.3 Å². The molecule has 0 bridgehead atoms. The SMILES string of the molecule is COCCOC(=O)/C(C#N)=C/c1cn(-c2ccccc2)nc1-c1cccc(Cl)c1. The lowest BCUT2D eigenvalue weighted by molar-refractivity contribution is -0.139. The molecule has 3 aromatic rings. The third-order valence-electron chi connectivity index (χ3n) is 4.02. The molecular weight excluding hydrogens is 390 g/mol. The molecule has 0 aliphatic rings. The molecule has 0 aliphatic heterocycles. The number of para-hydroxylation sites is 1. The number of esters is 1. The largest absolute Gasteiger partial charge is 0.459 e. The van der Waals surface area contributed by atoms with Gasteiger partial charge in [-0.25, -0.2) is 9.48 Å². The van der Waals surface area contributed by atoms with Crippen molar-refractivity contribution in [2.24, 2.45) is 0 Å². The van der Waals surface area contributed by atoms with Crippen LogP contribution in [0.3, 0.4) is 0 Å². The van der Waals surface area contributed by atoms with E-state index in [2.05, 4.69) is 5.10 Å². The van der Waals surface area contributed by atoms with Gasteiger partial charge in [-0.3, -0.25) is 0 Å². The van der Waals surface area contributed by atoms with E-state index in [-0.39, 0.29) is 18.8 Å². The van der Waals surface area contributed by atoms with Crippen LogP contribution >= 0.6 is 11.6 Å². The van der Waals surface area contributed by atoms with Crippen molar-refractivity contribution in [3.63, 3.8) is 0 Å². The van der Waals surface area contributed by atoms with Crippen molar-refractivity contribution in [2.75, 3.05) is 20.3 Å². The lowest BCUT2D eigenvalue weighted by Crippen LogP contribution is -2.11. The molecule has 0 saturated carbocycles. The molecular formula is C22H18ClN3O3. The fourth-order valence-corrected chi connectivity index (χ4v) is 2.84. The van der Waals surface area contributed by atoms with Gasteiger partial charge in [0.25, 0.3) is 0 Å². The highest BCUT2D eigenvalue weighted by atomic mass is 35.5. The summed E-state index contributed by atoms with van der Waals surface area (Å²) in [5.74, 6) is -0.714. The molecule has 2 aromatic carbocycles. The maximum Gasteiger partial charge on any atom is 0.348 e. The zero-order valence-electron chi connectivity index (χ0n) is 15.7. The number of carbonyl (C=O) groups is 1. The second-order valence-electron chi connectivity index (χ2n) is 6.02. The predicted octanol–water partition coefficient (Wildman–Crippen LogP) is 4.29. The summed E-state index contributed by atoms with van der Waals surface area (Å²) >= 11 is 6.14. The second kappa shape index (κ2) is 9.69. The summed E-state index contributed by atoms with van der Waals surface area (Å²) in [7, 11) is 1.50. The molecule has 0 spiro atoms. The minimum absolute atomic E-state index is 0.0682. The van der Waals surface area contributed by atoms with E-state index in [9.17, 15) is 10.1 Å². The zero-order valence-corrected chi connectivity index (χ0v) is 16.5. The monoisotopic (exact) mass is 407 g/mol. The first kappa shape index (κ1) is 20.3. The first-order valence-electron chi connectivity index (χ1n) is 8.81. The Balaban J connectivity index is 2.05. The Morgan fingerprint density at radius 1 is 1.21 bits per heavy atom. The number of carbonyl (C=O) groups excluding carboxylic acids is 1. The Labute approximate surface area is 173 Å². The number of aromatic nitrogens is 2. The van der Waals surface area contributed by atoms with Gasteiger partial charge >= 0.3 is 5.97 Å². The minimum Gasteiger partial charge on any atom is -0.459 e. The molecule has 1 aromatic heterocycles. The van der Waals surface area contributed by atoms with Gasteiger partial charge in [0.1, 0.15) is 23.9 Å². The Morgan fingerprint density at radius 2 is 2.00 bits per heavy atom. The molecule has 0 fully saturated rings. The lowest BCUT2D eigenvalue weighted by Gasteiger charge is -2.03. The number of nitrogens with zero attached hydrogens (tertiary/aromatic N) is 3. The molecule has 0 aliphatic carbocycles. The molecule has 0 unspecified atom stereocenters. The summed E-state index contributed by atoms with van der Waals surface area (Å²) in [5, 5.41) is 14.7. The maximum atomic E-state index is 12.2. The van der Waals surface area contributed by atoms with Crippen molar-refractivity contribution < 1.29 is 14.3 Å². The van der Waals surface area contributed by atoms with Crippen LogP contribution in [0.2, 0.25) is 5.02 Å². The highest BCUT2D eigenvalue weighted by molar-refractivity contribution is 6.30. The fourth-order valence-electron chi connectivity index (χ4n) is 2.65. The average molecular weight is 408 g/mol. The Hall–Kier alpha value is -3.40. The minimum atomic E-state index is -0.714. The third-order valence-corrected chi connectivity index (χ3v) is 4.26. The van der Waals surface area contributed by atoms with Crippen molar-refractivity contribution >= 4 is 23.6 Å². The fraction of sp³-hybridized carbons (Fsp3) is 0.136. The zero-order chi connectivity index (χ0) is 20.6. The number of hydrogen-bond donors (Lipinski definition) is 0. The van der Waals surface area contributed by atoms with Gasteiger partial charge in [-0.1, -0.05) is 41.9 Å². The maximum absolute atomic E-state index is 12.2. The first-order chi connectivity index (χ1) is 14.1. The number of methoxy groups -OCH3 is 1. The number of benzene rings is 2. The predicted molar refractivity (Wildman–Crippen MR) is 110 cm³/mol. The van der Waals surface area contributed by atoms with E-state index in [1.54, 1.807) is 23.0 Å². The Kier molecular flexibility index (Phi) is 6.80. The summed E-state index contributed by atoms with van der Waals surface area (Å²) in [4.78, 5) is 12.2. The standard InChI is InChI=1S/C22H18ClN3O3/c1-28-10-11-29-22(27)17(14-24)12-18-15-26(20-8-3-2-4-9-20)25-21(18)16-6-5-7-19(23)13-16/h2-9,12-13,15H,10-11H2,1H3/b17-12+. The highest BCUT2D eigenvalue weighted by Gasteiger charge is 2.16. The van der Waals surface area contributed by atoms with Gasteiger partial charge in [-0.15, -0.1) is 0 Å². The highest BCUT2D eigenvalue weighted by Crippen LogP contribution is 2.27. The number of ether oxygens (including phenoxy) is 2. The summed E-state index contributed by atoms with van der Waals surface area (Å²) in [5.41, 5.74) is 2.67.